The number of fused-ring (bicyclic) bond motifs is 1. The molecule has 37 heavy (non-hydrogen) atoms. The molecule has 0 bridgehead atoms. The van der Waals surface area contributed by atoms with Gasteiger partial charge in [0.25, 0.3) is 5.91 Å². The number of nitrogens with zero attached hydrogens (tertiary/aromatic N) is 4. The van der Waals surface area contributed by atoms with E-state index in [1.54, 1.807) is 11.3 Å². The normalized spacial score (nSPS) is 19.2. The lowest BCUT2D eigenvalue weighted by molar-refractivity contribution is -0.135. The second-order valence-electron chi connectivity index (χ2n) is 9.56. The van der Waals surface area contributed by atoms with Crippen molar-refractivity contribution in [1.82, 2.24) is 14.8 Å². The van der Waals surface area contributed by atoms with Crippen LogP contribution in [0.3, 0.4) is 0 Å². The second kappa shape index (κ2) is 10.6. The Morgan fingerprint density at radius 2 is 1.73 bits per heavy atom. The highest BCUT2D eigenvalue weighted by Crippen LogP contribution is 2.34. The lowest BCUT2D eigenvalue weighted by Gasteiger charge is -2.34. The molecule has 0 radical (unpaired) electrons. The summed E-state index contributed by atoms with van der Waals surface area (Å²) in [5.74, 6) is 1.41. The van der Waals surface area contributed by atoms with Crippen LogP contribution in [0.2, 0.25) is 0 Å². The first kappa shape index (κ1) is 23.5. The van der Waals surface area contributed by atoms with Gasteiger partial charge in [0.1, 0.15) is 23.1 Å². The second-order valence-corrected chi connectivity index (χ2v) is 9.56. The van der Waals surface area contributed by atoms with E-state index in [0.29, 0.717) is 18.7 Å². The molecule has 1 saturated heterocycles. The van der Waals surface area contributed by atoms with Gasteiger partial charge in [0.15, 0.2) is 5.76 Å². The third-order valence-corrected chi connectivity index (χ3v) is 7.04. The molecule has 6 rings (SSSR count). The van der Waals surface area contributed by atoms with Crippen molar-refractivity contribution in [3.63, 3.8) is 0 Å². The summed E-state index contributed by atoms with van der Waals surface area (Å²) >= 11 is 0. The van der Waals surface area contributed by atoms with Crippen molar-refractivity contribution in [2.45, 2.75) is 12.5 Å². The zero-order valence-electron chi connectivity index (χ0n) is 20.7. The van der Waals surface area contributed by atoms with Gasteiger partial charge in [0, 0.05) is 44.5 Å². The van der Waals surface area contributed by atoms with Crippen LogP contribution in [-0.2, 0) is 4.79 Å². The smallest absolute Gasteiger partial charge is 0.257 e. The molecule has 1 unspecified atom stereocenters. The van der Waals surface area contributed by atoms with Crippen LogP contribution in [0, 0.1) is 0 Å². The van der Waals surface area contributed by atoms with Crippen molar-refractivity contribution in [3.05, 3.63) is 102 Å². The van der Waals surface area contributed by atoms with Gasteiger partial charge in [0.2, 0.25) is 0 Å². The van der Waals surface area contributed by atoms with Gasteiger partial charge in [0.05, 0.1) is 12.8 Å². The summed E-state index contributed by atoms with van der Waals surface area (Å²) in [7, 11) is 0. The highest BCUT2D eigenvalue weighted by molar-refractivity contribution is 6.03. The number of furan rings is 2. The third kappa shape index (κ3) is 5.28. The molecular formula is C30H30N4O3. The van der Waals surface area contributed by atoms with E-state index in [0.717, 1.165) is 55.2 Å². The van der Waals surface area contributed by atoms with Gasteiger partial charge in [-0.1, -0.05) is 60.7 Å². The number of carbonyl (C=O) groups is 1. The molecule has 0 aliphatic carbocycles. The van der Waals surface area contributed by atoms with Crippen molar-refractivity contribution in [3.8, 4) is 0 Å². The number of piperazine rings is 1. The molecule has 188 valence electrons. The first-order chi connectivity index (χ1) is 18.2. The summed E-state index contributed by atoms with van der Waals surface area (Å²) in [6.07, 6.45) is 6.57. The molecule has 0 N–H and O–H groups in total. The summed E-state index contributed by atoms with van der Waals surface area (Å²) < 4.78 is 11.7. The summed E-state index contributed by atoms with van der Waals surface area (Å²) in [5, 5.41) is 7.36. The summed E-state index contributed by atoms with van der Waals surface area (Å²) in [6, 6.07) is 23.7. The van der Waals surface area contributed by atoms with Gasteiger partial charge in [-0.3, -0.25) is 14.6 Å². The Bertz CT molecular complexity index is 1370. The number of hydrazone groups is 1. The lowest BCUT2D eigenvalue weighted by atomic mass is 10.1. The molecule has 2 aliphatic rings. The number of benzene rings is 2. The van der Waals surface area contributed by atoms with E-state index in [-0.39, 0.29) is 11.9 Å². The molecule has 2 aromatic carbocycles. The van der Waals surface area contributed by atoms with Gasteiger partial charge >= 0.3 is 0 Å². The fraction of sp³-hybridized carbons (Fsp3) is 0.267. The van der Waals surface area contributed by atoms with E-state index in [2.05, 4.69) is 46.2 Å². The van der Waals surface area contributed by atoms with Gasteiger partial charge in [-0.25, -0.2) is 5.01 Å². The van der Waals surface area contributed by atoms with Gasteiger partial charge in [-0.05, 0) is 29.8 Å². The van der Waals surface area contributed by atoms with Gasteiger partial charge < -0.3 is 8.83 Å². The van der Waals surface area contributed by atoms with Crippen LogP contribution < -0.4 is 0 Å². The van der Waals surface area contributed by atoms with Gasteiger partial charge in [-0.2, -0.15) is 5.10 Å². The van der Waals surface area contributed by atoms with Crippen molar-refractivity contribution in [2.75, 3.05) is 39.3 Å². The molecule has 7 nitrogen and oxygen atoms in total. The van der Waals surface area contributed by atoms with Crippen LogP contribution in [0.1, 0.15) is 29.5 Å². The molecule has 1 fully saturated rings. The number of amides is 1. The Morgan fingerprint density at radius 3 is 2.51 bits per heavy atom. The van der Waals surface area contributed by atoms with Crippen LogP contribution in [-0.4, -0.2) is 65.7 Å². The number of para-hydroxylation sites is 1. The highest BCUT2D eigenvalue weighted by atomic mass is 16.3. The Labute approximate surface area is 216 Å². The van der Waals surface area contributed by atoms with E-state index in [1.165, 1.54) is 5.56 Å². The topological polar surface area (TPSA) is 65.4 Å². The molecule has 1 amide bonds. The number of hydrogen-bond donors (Lipinski definition) is 0. The molecule has 1 atom stereocenters. The first-order valence-electron chi connectivity index (χ1n) is 12.8. The summed E-state index contributed by atoms with van der Waals surface area (Å²) in [5.41, 5.74) is 2.79. The van der Waals surface area contributed by atoms with Crippen LogP contribution in [0.4, 0.5) is 0 Å². The third-order valence-electron chi connectivity index (χ3n) is 7.04. The minimum atomic E-state index is -0.268. The fourth-order valence-electron chi connectivity index (χ4n) is 5.01. The average molecular weight is 495 g/mol. The van der Waals surface area contributed by atoms with E-state index in [9.17, 15) is 4.79 Å². The van der Waals surface area contributed by atoms with Crippen molar-refractivity contribution in [1.29, 1.82) is 0 Å². The monoisotopic (exact) mass is 494 g/mol. The van der Waals surface area contributed by atoms with Crippen LogP contribution in [0.25, 0.3) is 17.0 Å². The maximum Gasteiger partial charge on any atom is 0.257 e. The van der Waals surface area contributed by atoms with E-state index in [4.69, 9.17) is 13.9 Å². The van der Waals surface area contributed by atoms with Crippen LogP contribution in [0.5, 0.6) is 0 Å². The Morgan fingerprint density at radius 1 is 0.946 bits per heavy atom. The molecule has 4 aromatic rings. The molecule has 7 heteroatoms. The molecule has 4 heterocycles. The predicted octanol–water partition coefficient (Wildman–Crippen LogP) is 5.03. The molecule has 0 saturated carbocycles. The standard InChI is InChI=1S/C30H30N4O3/c35-30(22-33-17-15-32(16-18-33)14-6-10-23-8-2-1-3-9-23)34-26(28-13-7-19-36-28)21-25(31-34)29-20-24-11-4-5-12-27(24)37-29/h1-13,19-20,26H,14-18,21-22H2/b10-6+. The zero-order chi connectivity index (χ0) is 25.0. The van der Waals surface area contributed by atoms with Crippen LogP contribution >= 0.6 is 0 Å². The largest absolute Gasteiger partial charge is 0.467 e. The van der Waals surface area contributed by atoms with E-state index < -0.39 is 0 Å². The Balaban J connectivity index is 1.09. The molecular weight excluding hydrogens is 464 g/mol. The van der Waals surface area contributed by atoms with Crippen LogP contribution in [0.15, 0.2) is 99.1 Å². The van der Waals surface area contributed by atoms with Crippen molar-refractivity contribution < 1.29 is 13.6 Å². The predicted molar refractivity (Wildman–Crippen MR) is 144 cm³/mol. The van der Waals surface area contributed by atoms with Crippen molar-refractivity contribution in [2.24, 2.45) is 5.10 Å². The number of carbonyl (C=O) groups excluding carboxylic acids is 1. The summed E-state index contributed by atoms with van der Waals surface area (Å²) in [4.78, 5) is 18.1. The highest BCUT2D eigenvalue weighted by Gasteiger charge is 2.36. The minimum Gasteiger partial charge on any atom is -0.467 e. The first-order valence-corrected chi connectivity index (χ1v) is 12.8. The maximum atomic E-state index is 13.5. The summed E-state index contributed by atoms with van der Waals surface area (Å²) in [6.45, 7) is 4.81. The SMILES string of the molecule is O=C(CN1CCN(C/C=C/c2ccccc2)CC1)N1N=C(c2cc3ccccc3o2)CC1c1ccco1. The Kier molecular flexibility index (Phi) is 6.71. The maximum absolute atomic E-state index is 13.5. The van der Waals surface area contributed by atoms with E-state index in [1.807, 2.05) is 48.5 Å². The lowest BCUT2D eigenvalue weighted by Crippen LogP contribution is -2.49. The van der Waals surface area contributed by atoms with Crippen molar-refractivity contribution >= 4 is 28.7 Å². The Hall–Kier alpha value is -3.94. The molecule has 2 aromatic heterocycles. The average Bonchev–Trinajstić information content (AvgIpc) is 3.69. The fourth-order valence-corrected chi connectivity index (χ4v) is 5.01. The number of rotatable bonds is 7. The molecule has 2 aliphatic heterocycles. The molecule has 0 spiro atoms. The number of hydrogen-bond acceptors (Lipinski definition) is 6. The van der Waals surface area contributed by atoms with Gasteiger partial charge in [-0.15, -0.1) is 0 Å². The van der Waals surface area contributed by atoms with E-state index >= 15 is 0 Å². The zero-order valence-corrected chi connectivity index (χ0v) is 20.7. The minimum absolute atomic E-state index is 0.0232. The quantitative estimate of drug-likeness (QED) is 0.360.